The molecule has 12 heteroatoms. The Morgan fingerprint density at radius 2 is 2.22 bits per heavy atom. The molecule has 27 heavy (non-hydrogen) atoms. The van der Waals surface area contributed by atoms with Crippen molar-refractivity contribution in [3.63, 3.8) is 0 Å². The molecule has 0 aliphatic heterocycles. The predicted octanol–water partition coefficient (Wildman–Crippen LogP) is 3.21. The zero-order chi connectivity index (χ0) is 20.0. The molecular weight excluding hydrogens is 386 g/mol. The lowest BCUT2D eigenvalue weighted by molar-refractivity contribution is -0.385. The number of methoxy groups -OCH3 is 1. The molecule has 1 N–H and O–H groups in total. The molecule has 2 rings (SSSR count). The van der Waals surface area contributed by atoms with Crippen LogP contribution in [0.5, 0.6) is 11.5 Å². The third-order valence-corrected chi connectivity index (χ3v) is 3.73. The number of amides is 1. The molecule has 0 fully saturated rings. The van der Waals surface area contributed by atoms with Crippen molar-refractivity contribution < 1.29 is 28.0 Å². The van der Waals surface area contributed by atoms with Crippen molar-refractivity contribution in [2.75, 3.05) is 12.4 Å². The van der Waals surface area contributed by atoms with Gasteiger partial charge in [-0.25, -0.2) is 4.98 Å². The minimum atomic E-state index is -3.22. The van der Waals surface area contributed by atoms with Gasteiger partial charge in [-0.05, 0) is 12.1 Å². The second-order valence-electron chi connectivity index (χ2n) is 4.66. The van der Waals surface area contributed by atoms with Gasteiger partial charge in [0.2, 0.25) is 0 Å². The highest BCUT2D eigenvalue weighted by Gasteiger charge is 2.22. The van der Waals surface area contributed by atoms with E-state index < -0.39 is 34.5 Å². The minimum Gasteiger partial charge on any atom is -0.493 e. The Labute approximate surface area is 154 Å². The van der Waals surface area contributed by atoms with Crippen molar-refractivity contribution in [1.29, 1.82) is 5.26 Å². The van der Waals surface area contributed by atoms with Crippen molar-refractivity contribution >= 4 is 34.1 Å². The van der Waals surface area contributed by atoms with Crippen LogP contribution in [0.1, 0.15) is 5.56 Å². The number of carbonyl (C=O) groups is 1. The maximum absolute atomic E-state index is 12.5. The zero-order valence-electron chi connectivity index (χ0n) is 13.5. The summed E-state index contributed by atoms with van der Waals surface area (Å²) in [6.45, 7) is -3.22. The summed E-state index contributed by atoms with van der Waals surface area (Å²) in [6, 6.07) is 3.37. The maximum atomic E-state index is 12.5. The Hall–Kier alpha value is -3.59. The quantitative estimate of drug-likeness (QED) is 0.329. The van der Waals surface area contributed by atoms with E-state index in [4.69, 9.17) is 4.74 Å². The number of ether oxygens (including phenoxy) is 2. The molecule has 0 aliphatic rings. The first-order chi connectivity index (χ1) is 12.8. The van der Waals surface area contributed by atoms with Crippen LogP contribution in [-0.2, 0) is 4.79 Å². The number of alkyl halides is 2. The summed E-state index contributed by atoms with van der Waals surface area (Å²) >= 11 is 1.11. The van der Waals surface area contributed by atoms with Gasteiger partial charge in [0.1, 0.15) is 11.6 Å². The molecule has 1 heterocycles. The predicted molar refractivity (Wildman–Crippen MR) is 90.6 cm³/mol. The standard InChI is InChI=1S/C15H10F2N4O5S/c1-25-11-5-8(10(21(23)24)6-12(11)26-14(16)17)4-9(7-18)13(22)20-15-19-2-3-27-15/h2-6,14H,1H3,(H,19,20,22)/b9-4+. The van der Waals surface area contributed by atoms with Gasteiger partial charge in [0.25, 0.3) is 11.6 Å². The molecule has 0 saturated carbocycles. The molecular formula is C15H10F2N4O5S. The Morgan fingerprint density at radius 3 is 2.74 bits per heavy atom. The largest absolute Gasteiger partial charge is 0.493 e. The van der Waals surface area contributed by atoms with Gasteiger partial charge in [0, 0.05) is 11.6 Å². The van der Waals surface area contributed by atoms with Crippen LogP contribution < -0.4 is 14.8 Å². The van der Waals surface area contributed by atoms with E-state index in [9.17, 15) is 29.0 Å². The van der Waals surface area contributed by atoms with Crippen molar-refractivity contribution in [3.05, 3.63) is 45.0 Å². The molecule has 9 nitrogen and oxygen atoms in total. The summed E-state index contributed by atoms with van der Waals surface area (Å²) in [5, 5.41) is 24.6. The van der Waals surface area contributed by atoms with Crippen molar-refractivity contribution in [3.8, 4) is 17.6 Å². The van der Waals surface area contributed by atoms with E-state index in [0.29, 0.717) is 0 Å². The van der Waals surface area contributed by atoms with Gasteiger partial charge in [0.15, 0.2) is 16.6 Å². The van der Waals surface area contributed by atoms with Crippen LogP contribution in [0.15, 0.2) is 29.3 Å². The van der Waals surface area contributed by atoms with E-state index in [1.54, 1.807) is 11.4 Å². The molecule has 0 radical (unpaired) electrons. The van der Waals surface area contributed by atoms with Crippen molar-refractivity contribution in [2.24, 2.45) is 0 Å². The molecule has 1 aromatic carbocycles. The van der Waals surface area contributed by atoms with E-state index in [1.807, 2.05) is 0 Å². The van der Waals surface area contributed by atoms with Gasteiger partial charge in [-0.1, -0.05) is 0 Å². The highest BCUT2D eigenvalue weighted by molar-refractivity contribution is 7.13. The average Bonchev–Trinajstić information content (AvgIpc) is 3.12. The number of nitro benzene ring substituents is 1. The Bertz CT molecular complexity index is 925. The zero-order valence-corrected chi connectivity index (χ0v) is 14.3. The summed E-state index contributed by atoms with van der Waals surface area (Å²) < 4.78 is 34.0. The van der Waals surface area contributed by atoms with Gasteiger partial charge in [-0.2, -0.15) is 14.0 Å². The van der Waals surface area contributed by atoms with Crippen LogP contribution in [0, 0.1) is 21.4 Å². The Balaban J connectivity index is 2.47. The van der Waals surface area contributed by atoms with Gasteiger partial charge < -0.3 is 9.47 Å². The number of thiazole rings is 1. The number of halogens is 2. The first-order valence-electron chi connectivity index (χ1n) is 6.99. The van der Waals surface area contributed by atoms with Crippen molar-refractivity contribution in [1.82, 2.24) is 4.98 Å². The fraction of sp³-hybridized carbons (Fsp3) is 0.133. The second-order valence-corrected chi connectivity index (χ2v) is 5.55. The number of anilines is 1. The van der Waals surface area contributed by atoms with Crippen LogP contribution in [0.3, 0.4) is 0 Å². The number of hydrogen-bond donors (Lipinski definition) is 1. The smallest absolute Gasteiger partial charge is 0.387 e. The highest BCUT2D eigenvalue weighted by Crippen LogP contribution is 2.36. The molecule has 0 atom stereocenters. The second kappa shape index (κ2) is 8.68. The highest BCUT2D eigenvalue weighted by atomic mass is 32.1. The van der Waals surface area contributed by atoms with Gasteiger partial charge >= 0.3 is 6.61 Å². The number of hydrogen-bond acceptors (Lipinski definition) is 8. The first-order valence-corrected chi connectivity index (χ1v) is 7.87. The number of carbonyl (C=O) groups excluding carboxylic acids is 1. The summed E-state index contributed by atoms with van der Waals surface area (Å²) in [5.41, 5.74) is -1.32. The number of rotatable bonds is 7. The lowest BCUT2D eigenvalue weighted by atomic mass is 10.1. The summed E-state index contributed by atoms with van der Waals surface area (Å²) in [4.78, 5) is 26.4. The van der Waals surface area contributed by atoms with Gasteiger partial charge in [-0.15, -0.1) is 11.3 Å². The lowest BCUT2D eigenvalue weighted by Crippen LogP contribution is -2.13. The number of nitro groups is 1. The third kappa shape index (κ3) is 4.95. The molecule has 140 valence electrons. The fourth-order valence-electron chi connectivity index (χ4n) is 1.94. The molecule has 0 unspecified atom stereocenters. The van der Waals surface area contributed by atoms with Crippen LogP contribution >= 0.6 is 11.3 Å². The van der Waals surface area contributed by atoms with E-state index >= 15 is 0 Å². The summed E-state index contributed by atoms with van der Waals surface area (Å²) in [6.07, 6.45) is 2.38. The number of nitriles is 1. The maximum Gasteiger partial charge on any atom is 0.387 e. The number of nitrogens with one attached hydrogen (secondary N) is 1. The lowest BCUT2D eigenvalue weighted by Gasteiger charge is -2.11. The SMILES string of the molecule is COc1cc(/C=C(\C#N)C(=O)Nc2nccs2)c([N+](=O)[O-])cc1OC(F)F. The summed E-state index contributed by atoms with van der Waals surface area (Å²) in [7, 11) is 1.15. The van der Waals surface area contributed by atoms with Gasteiger partial charge in [0.05, 0.1) is 23.7 Å². The minimum absolute atomic E-state index is 0.204. The normalized spacial score (nSPS) is 11.0. The van der Waals surface area contributed by atoms with E-state index in [2.05, 4.69) is 15.0 Å². The number of benzene rings is 1. The molecule has 0 saturated heterocycles. The van der Waals surface area contributed by atoms with E-state index in [-0.39, 0.29) is 16.4 Å². The Kier molecular flexibility index (Phi) is 6.34. The van der Waals surface area contributed by atoms with Crippen LogP contribution in [0.4, 0.5) is 19.6 Å². The molecule has 0 spiro atoms. The first kappa shape index (κ1) is 19.7. The number of aromatic nitrogens is 1. The topological polar surface area (TPSA) is 127 Å². The fourth-order valence-corrected chi connectivity index (χ4v) is 2.46. The van der Waals surface area contributed by atoms with E-state index in [0.717, 1.165) is 36.7 Å². The molecule has 1 aromatic heterocycles. The van der Waals surface area contributed by atoms with Gasteiger partial charge in [-0.3, -0.25) is 20.2 Å². The molecule has 2 aromatic rings. The van der Waals surface area contributed by atoms with E-state index in [1.165, 1.54) is 6.20 Å². The van der Waals surface area contributed by atoms with Crippen LogP contribution in [0.25, 0.3) is 6.08 Å². The summed E-state index contributed by atoms with van der Waals surface area (Å²) in [5.74, 6) is -1.62. The van der Waals surface area contributed by atoms with Crippen LogP contribution in [0.2, 0.25) is 0 Å². The molecule has 0 aliphatic carbocycles. The average molecular weight is 396 g/mol. The third-order valence-electron chi connectivity index (χ3n) is 3.04. The monoisotopic (exact) mass is 396 g/mol. The molecule has 1 amide bonds. The molecule has 0 bridgehead atoms. The number of nitrogens with zero attached hydrogens (tertiary/aromatic N) is 3. The Morgan fingerprint density at radius 1 is 1.48 bits per heavy atom. The van der Waals surface area contributed by atoms with Crippen molar-refractivity contribution in [2.45, 2.75) is 6.61 Å². The van der Waals surface area contributed by atoms with Crippen LogP contribution in [-0.4, -0.2) is 29.5 Å².